The lowest BCUT2D eigenvalue weighted by Gasteiger charge is -2.12. The molecule has 1 aromatic heterocycles. The van der Waals surface area contributed by atoms with E-state index in [1.165, 1.54) is 11.3 Å². The van der Waals surface area contributed by atoms with Gasteiger partial charge >= 0.3 is 0 Å². The Labute approximate surface area is 204 Å². The Morgan fingerprint density at radius 1 is 1.03 bits per heavy atom. The van der Waals surface area contributed by atoms with Crippen molar-refractivity contribution in [2.75, 3.05) is 13.7 Å². The summed E-state index contributed by atoms with van der Waals surface area (Å²) in [5.41, 5.74) is 6.53. The maximum absolute atomic E-state index is 12.6. The number of fused-ring (bicyclic) bond motifs is 1. The largest absolute Gasteiger partial charge is 0.497 e. The number of hydrogen-bond acceptors (Lipinski definition) is 6. The van der Waals surface area contributed by atoms with Crippen molar-refractivity contribution in [1.29, 1.82) is 0 Å². The summed E-state index contributed by atoms with van der Waals surface area (Å²) >= 11 is 18.7. The van der Waals surface area contributed by atoms with E-state index in [2.05, 4.69) is 16.2 Å². The number of rotatable bonds is 5. The van der Waals surface area contributed by atoms with Crippen molar-refractivity contribution < 1.29 is 19.1 Å². The quantitative estimate of drug-likeness (QED) is 0.344. The highest BCUT2D eigenvalue weighted by molar-refractivity contribution is 7.80. The molecule has 0 bridgehead atoms. The summed E-state index contributed by atoms with van der Waals surface area (Å²) in [6.45, 7) is 3.45. The molecule has 1 heterocycles. The first-order valence-corrected chi connectivity index (χ1v) is 11.2. The minimum atomic E-state index is -0.495. The lowest BCUT2D eigenvalue weighted by atomic mass is 10.1. The topological polar surface area (TPSA) is 88.7 Å². The fraction of sp³-hybridized carbons (Fsp3) is 0.190. The van der Waals surface area contributed by atoms with Gasteiger partial charge in [-0.05, 0) is 67.5 Å². The highest BCUT2D eigenvalue weighted by atomic mass is 35.5. The first-order valence-electron chi connectivity index (χ1n) is 9.25. The number of hydrogen-bond donors (Lipinski definition) is 3. The van der Waals surface area contributed by atoms with Gasteiger partial charge < -0.3 is 9.47 Å². The SMILES string of the molecule is COc1ccc2c(Cl)c(C(=O)NC(=S)NNC(=O)COc3cc(C)c(Cl)c(C)c3)sc2c1. The summed E-state index contributed by atoms with van der Waals surface area (Å²) in [6, 6.07) is 8.82. The van der Waals surface area contributed by atoms with Crippen LogP contribution in [0.3, 0.4) is 0 Å². The number of thiophene rings is 1. The van der Waals surface area contributed by atoms with Crippen LogP contribution in [0.2, 0.25) is 10.0 Å². The van der Waals surface area contributed by atoms with Gasteiger partial charge in [-0.15, -0.1) is 11.3 Å². The second-order valence-electron chi connectivity index (χ2n) is 6.72. The standard InChI is InChI=1S/C21H19Cl2N3O4S2/c1-10-6-13(7-11(2)17(10)22)30-9-16(27)25-26-21(31)24-20(28)19-18(23)14-5-4-12(29-3)8-15(14)32-19/h4-8H,9H2,1-3H3,(H,25,27)(H2,24,26,28,31). The molecular weight excluding hydrogens is 493 g/mol. The second-order valence-corrected chi connectivity index (χ2v) is 8.94. The predicted octanol–water partition coefficient (Wildman–Crippen LogP) is 4.55. The molecule has 3 rings (SSSR count). The molecule has 11 heteroatoms. The molecule has 0 aliphatic rings. The zero-order valence-electron chi connectivity index (χ0n) is 17.3. The van der Waals surface area contributed by atoms with Crippen molar-refractivity contribution in [3.63, 3.8) is 0 Å². The smallest absolute Gasteiger partial charge is 0.276 e. The van der Waals surface area contributed by atoms with Gasteiger partial charge in [0.05, 0.1) is 12.1 Å². The molecule has 0 aliphatic heterocycles. The monoisotopic (exact) mass is 511 g/mol. The summed E-state index contributed by atoms with van der Waals surface area (Å²) < 4.78 is 11.5. The molecule has 0 spiro atoms. The van der Waals surface area contributed by atoms with E-state index in [1.807, 2.05) is 13.8 Å². The molecule has 7 nitrogen and oxygen atoms in total. The fourth-order valence-corrected chi connectivity index (χ4v) is 4.50. The first-order chi connectivity index (χ1) is 15.2. The number of amides is 2. The molecule has 0 radical (unpaired) electrons. The number of thiocarbonyl (C=S) groups is 1. The maximum Gasteiger partial charge on any atom is 0.276 e. The van der Waals surface area contributed by atoms with Gasteiger partial charge in [-0.25, -0.2) is 0 Å². The Morgan fingerprint density at radius 3 is 2.38 bits per heavy atom. The van der Waals surface area contributed by atoms with Crippen molar-refractivity contribution in [3.8, 4) is 11.5 Å². The van der Waals surface area contributed by atoms with E-state index in [1.54, 1.807) is 37.4 Å². The van der Waals surface area contributed by atoms with Crippen molar-refractivity contribution in [2.24, 2.45) is 0 Å². The van der Waals surface area contributed by atoms with Crippen LogP contribution in [-0.4, -0.2) is 30.6 Å². The summed E-state index contributed by atoms with van der Waals surface area (Å²) in [5.74, 6) is 0.198. The zero-order valence-corrected chi connectivity index (χ0v) is 20.4. The second kappa shape index (κ2) is 10.4. The molecule has 3 aromatic rings. The molecule has 0 atom stereocenters. The predicted molar refractivity (Wildman–Crippen MR) is 131 cm³/mol. The van der Waals surface area contributed by atoms with E-state index in [0.717, 1.165) is 21.2 Å². The Morgan fingerprint density at radius 2 is 1.72 bits per heavy atom. The average Bonchev–Trinajstić information content (AvgIpc) is 3.10. The highest BCUT2D eigenvalue weighted by Crippen LogP contribution is 2.37. The number of carbonyl (C=O) groups excluding carboxylic acids is 2. The first kappa shape index (κ1) is 24.1. The Hall–Kier alpha value is -2.59. The van der Waals surface area contributed by atoms with Crippen LogP contribution in [0.1, 0.15) is 20.8 Å². The minimum absolute atomic E-state index is 0.0902. The van der Waals surface area contributed by atoms with Gasteiger partial charge in [0.25, 0.3) is 11.8 Å². The number of methoxy groups -OCH3 is 1. The molecule has 0 aliphatic carbocycles. The van der Waals surface area contributed by atoms with Gasteiger partial charge in [-0.2, -0.15) is 0 Å². The third kappa shape index (κ3) is 5.60. The summed E-state index contributed by atoms with van der Waals surface area (Å²) in [5, 5.41) is 4.10. The van der Waals surface area contributed by atoms with E-state index < -0.39 is 11.8 Å². The summed E-state index contributed by atoms with van der Waals surface area (Å²) in [6.07, 6.45) is 0. The number of benzene rings is 2. The van der Waals surface area contributed by atoms with Crippen LogP contribution in [0.25, 0.3) is 10.1 Å². The number of halogens is 2. The van der Waals surface area contributed by atoms with Crippen LogP contribution in [0, 0.1) is 13.8 Å². The van der Waals surface area contributed by atoms with E-state index in [4.69, 9.17) is 44.9 Å². The van der Waals surface area contributed by atoms with Crippen molar-refractivity contribution in [1.82, 2.24) is 16.2 Å². The van der Waals surface area contributed by atoms with Gasteiger partial charge in [0.15, 0.2) is 11.7 Å². The third-order valence-electron chi connectivity index (χ3n) is 4.37. The molecule has 0 saturated heterocycles. The minimum Gasteiger partial charge on any atom is -0.497 e. The van der Waals surface area contributed by atoms with E-state index in [0.29, 0.717) is 26.4 Å². The lowest BCUT2D eigenvalue weighted by molar-refractivity contribution is -0.123. The molecule has 3 N–H and O–H groups in total. The number of aryl methyl sites for hydroxylation is 2. The molecule has 0 saturated carbocycles. The van der Waals surface area contributed by atoms with Crippen molar-refractivity contribution in [2.45, 2.75) is 13.8 Å². The van der Waals surface area contributed by atoms with Gasteiger partial charge in [0, 0.05) is 15.1 Å². The van der Waals surface area contributed by atoms with Crippen LogP contribution in [0.15, 0.2) is 30.3 Å². The van der Waals surface area contributed by atoms with Crippen LogP contribution in [0.5, 0.6) is 11.5 Å². The molecule has 2 amide bonds. The number of ether oxygens (including phenoxy) is 2. The molecule has 32 heavy (non-hydrogen) atoms. The van der Waals surface area contributed by atoms with Gasteiger partial charge in [0.1, 0.15) is 16.4 Å². The number of hydrazine groups is 1. The maximum atomic E-state index is 12.6. The average molecular weight is 512 g/mol. The van der Waals surface area contributed by atoms with E-state index in [-0.39, 0.29) is 11.7 Å². The van der Waals surface area contributed by atoms with Crippen LogP contribution >= 0.6 is 46.8 Å². The van der Waals surface area contributed by atoms with Gasteiger partial charge in [0.2, 0.25) is 0 Å². The zero-order chi connectivity index (χ0) is 23.4. The van der Waals surface area contributed by atoms with Crippen molar-refractivity contribution in [3.05, 3.63) is 56.4 Å². The highest BCUT2D eigenvalue weighted by Gasteiger charge is 2.18. The van der Waals surface area contributed by atoms with Gasteiger partial charge in [-0.1, -0.05) is 23.2 Å². The fourth-order valence-electron chi connectivity index (χ4n) is 2.81. The summed E-state index contributed by atoms with van der Waals surface area (Å²) in [7, 11) is 1.56. The van der Waals surface area contributed by atoms with Gasteiger partial charge in [-0.3, -0.25) is 25.8 Å². The Bertz CT molecular complexity index is 1190. The van der Waals surface area contributed by atoms with Crippen molar-refractivity contribution >= 4 is 73.8 Å². The number of carbonyl (C=O) groups is 2. The van der Waals surface area contributed by atoms with Crippen LogP contribution in [-0.2, 0) is 4.79 Å². The molecule has 2 aromatic carbocycles. The lowest BCUT2D eigenvalue weighted by Crippen LogP contribution is -2.49. The number of nitrogens with one attached hydrogen (secondary N) is 3. The normalized spacial score (nSPS) is 10.5. The Kier molecular flexibility index (Phi) is 7.78. The van der Waals surface area contributed by atoms with E-state index >= 15 is 0 Å². The molecule has 168 valence electrons. The third-order valence-corrected chi connectivity index (χ3v) is 6.82. The summed E-state index contributed by atoms with van der Waals surface area (Å²) in [4.78, 5) is 24.9. The van der Waals surface area contributed by atoms with Crippen LogP contribution < -0.4 is 25.6 Å². The molecule has 0 unspecified atom stereocenters. The van der Waals surface area contributed by atoms with Crippen LogP contribution in [0.4, 0.5) is 0 Å². The Balaban J connectivity index is 1.52. The van der Waals surface area contributed by atoms with E-state index in [9.17, 15) is 9.59 Å². The molecule has 0 fully saturated rings. The molecular formula is C21H19Cl2N3O4S2.